The van der Waals surface area contributed by atoms with Gasteiger partial charge in [0.2, 0.25) is 10.0 Å². The summed E-state index contributed by atoms with van der Waals surface area (Å²) >= 11 is 0. The topological polar surface area (TPSA) is 75.5 Å². The van der Waals surface area contributed by atoms with E-state index in [1.165, 1.54) is 0 Å². The largest absolute Gasteiger partial charge is 0.339 e. The first kappa shape index (κ1) is 23.1. The number of hydrogen-bond donors (Lipinski definition) is 0. The highest BCUT2D eigenvalue weighted by Gasteiger charge is 2.28. The van der Waals surface area contributed by atoms with E-state index >= 15 is 0 Å². The van der Waals surface area contributed by atoms with Crippen molar-refractivity contribution in [2.45, 2.75) is 50.5 Å². The highest BCUT2D eigenvalue weighted by Crippen LogP contribution is 2.25. The van der Waals surface area contributed by atoms with E-state index in [0.29, 0.717) is 37.7 Å². The lowest BCUT2D eigenvalue weighted by molar-refractivity contribution is 0.0683. The van der Waals surface area contributed by atoms with Gasteiger partial charge in [-0.1, -0.05) is 18.6 Å². The van der Waals surface area contributed by atoms with Crippen LogP contribution in [0.15, 0.2) is 53.4 Å². The number of piperidine rings is 2. The van der Waals surface area contributed by atoms with Crippen molar-refractivity contribution < 1.29 is 13.2 Å². The first-order valence-electron chi connectivity index (χ1n) is 12.2. The molecule has 3 heterocycles. The fourth-order valence-corrected chi connectivity index (χ4v) is 6.73. The molecule has 0 radical (unpaired) electrons. The molecule has 0 saturated carbocycles. The number of rotatable bonds is 5. The molecule has 2 aliphatic rings. The zero-order chi connectivity index (χ0) is 23.7. The first-order valence-corrected chi connectivity index (χ1v) is 13.7. The summed E-state index contributed by atoms with van der Waals surface area (Å²) in [5.74, 6) is 1.50. The van der Waals surface area contributed by atoms with Gasteiger partial charge in [-0.15, -0.1) is 0 Å². The van der Waals surface area contributed by atoms with Crippen LogP contribution in [0.4, 0.5) is 0 Å². The average Bonchev–Trinajstić information content (AvgIpc) is 3.19. The zero-order valence-corrected chi connectivity index (χ0v) is 20.5. The molecule has 7 nitrogen and oxygen atoms in total. The summed E-state index contributed by atoms with van der Waals surface area (Å²) in [7, 11) is -3.48. The van der Waals surface area contributed by atoms with Crippen molar-refractivity contribution in [2.24, 2.45) is 5.92 Å². The lowest BCUT2D eigenvalue weighted by atomic mass is 9.96. The number of amides is 1. The summed E-state index contributed by atoms with van der Waals surface area (Å²) in [6.45, 7) is 5.54. The fourth-order valence-electron chi connectivity index (χ4n) is 5.21. The molecule has 34 heavy (non-hydrogen) atoms. The van der Waals surface area contributed by atoms with Gasteiger partial charge < -0.3 is 9.47 Å². The van der Waals surface area contributed by atoms with E-state index in [9.17, 15) is 13.2 Å². The third-order valence-electron chi connectivity index (χ3n) is 7.24. The zero-order valence-electron chi connectivity index (χ0n) is 19.7. The number of fused-ring (bicyclic) bond motifs is 1. The van der Waals surface area contributed by atoms with E-state index in [2.05, 4.69) is 15.6 Å². The molecule has 1 amide bonds. The molecule has 0 atom stereocenters. The molecule has 2 saturated heterocycles. The van der Waals surface area contributed by atoms with Gasteiger partial charge in [-0.05, 0) is 74.9 Å². The van der Waals surface area contributed by atoms with Gasteiger partial charge in [0.05, 0.1) is 15.9 Å². The number of benzene rings is 2. The highest BCUT2D eigenvalue weighted by molar-refractivity contribution is 7.89. The SMILES string of the molecule is Cc1nc2ccccc2n1CC1CCN(C(=O)c2ccc(S(=O)(=O)N3CCCCC3)cc2)CC1. The Morgan fingerprint density at radius 3 is 2.32 bits per heavy atom. The second-order valence-electron chi connectivity index (χ2n) is 9.48. The van der Waals surface area contributed by atoms with Gasteiger partial charge in [-0.3, -0.25) is 4.79 Å². The smallest absolute Gasteiger partial charge is 0.253 e. The van der Waals surface area contributed by atoms with Crippen molar-refractivity contribution in [1.29, 1.82) is 0 Å². The number of imidazole rings is 1. The number of carbonyl (C=O) groups excluding carboxylic acids is 1. The van der Waals surface area contributed by atoms with E-state index in [0.717, 1.165) is 55.5 Å². The fraction of sp³-hybridized carbons (Fsp3) is 0.462. The van der Waals surface area contributed by atoms with Crippen LogP contribution in [-0.4, -0.2) is 59.3 Å². The monoisotopic (exact) mass is 480 g/mol. The number of carbonyl (C=O) groups is 1. The third kappa shape index (κ3) is 4.49. The van der Waals surface area contributed by atoms with Crippen LogP contribution in [-0.2, 0) is 16.6 Å². The molecule has 1 aromatic heterocycles. The summed E-state index contributed by atoms with van der Waals surface area (Å²) in [6.07, 6.45) is 4.78. The van der Waals surface area contributed by atoms with Crippen LogP contribution in [0, 0.1) is 12.8 Å². The van der Waals surface area contributed by atoms with Gasteiger partial charge in [0.25, 0.3) is 5.91 Å². The van der Waals surface area contributed by atoms with E-state index in [1.807, 2.05) is 30.0 Å². The third-order valence-corrected chi connectivity index (χ3v) is 9.15. The predicted octanol–water partition coefficient (Wildman–Crippen LogP) is 4.07. The van der Waals surface area contributed by atoms with E-state index in [-0.39, 0.29) is 10.8 Å². The molecule has 0 spiro atoms. The second-order valence-corrected chi connectivity index (χ2v) is 11.4. The first-order chi connectivity index (χ1) is 16.4. The molecule has 0 unspecified atom stereocenters. The number of hydrogen-bond acceptors (Lipinski definition) is 4. The van der Waals surface area contributed by atoms with E-state index in [4.69, 9.17) is 0 Å². The molecule has 8 heteroatoms. The molecule has 2 aromatic carbocycles. The quantitative estimate of drug-likeness (QED) is 0.552. The van der Waals surface area contributed by atoms with Crippen LogP contribution < -0.4 is 0 Å². The Morgan fingerprint density at radius 2 is 1.62 bits per heavy atom. The summed E-state index contributed by atoms with van der Waals surface area (Å²) < 4.78 is 29.6. The van der Waals surface area contributed by atoms with Gasteiger partial charge in [0, 0.05) is 38.3 Å². The van der Waals surface area contributed by atoms with Crippen LogP contribution in [0.2, 0.25) is 0 Å². The highest BCUT2D eigenvalue weighted by atomic mass is 32.2. The number of aryl methyl sites for hydroxylation is 1. The molecular weight excluding hydrogens is 448 g/mol. The minimum absolute atomic E-state index is 0.0235. The number of aromatic nitrogens is 2. The lowest BCUT2D eigenvalue weighted by Gasteiger charge is -2.32. The molecule has 180 valence electrons. The second kappa shape index (κ2) is 9.50. The van der Waals surface area contributed by atoms with Gasteiger partial charge in [-0.25, -0.2) is 13.4 Å². The Balaban J connectivity index is 1.20. The Labute approximate surface area is 201 Å². The molecule has 0 N–H and O–H groups in total. The minimum Gasteiger partial charge on any atom is -0.339 e. The molecular formula is C26H32N4O3S. The van der Waals surface area contributed by atoms with Crippen molar-refractivity contribution in [3.63, 3.8) is 0 Å². The van der Waals surface area contributed by atoms with Crippen molar-refractivity contribution in [3.05, 3.63) is 59.9 Å². The van der Waals surface area contributed by atoms with Gasteiger partial charge >= 0.3 is 0 Å². The Bertz CT molecular complexity index is 1270. The molecule has 2 aliphatic heterocycles. The molecule has 3 aromatic rings. The Hall–Kier alpha value is -2.71. The van der Waals surface area contributed by atoms with Crippen molar-refractivity contribution in [1.82, 2.24) is 18.8 Å². The molecule has 0 aliphatic carbocycles. The maximum Gasteiger partial charge on any atom is 0.253 e. The number of sulfonamides is 1. The Morgan fingerprint density at radius 1 is 0.941 bits per heavy atom. The number of nitrogens with zero attached hydrogens (tertiary/aromatic N) is 4. The van der Waals surface area contributed by atoms with Gasteiger partial charge in [0.15, 0.2) is 0 Å². The maximum absolute atomic E-state index is 13.1. The summed E-state index contributed by atoms with van der Waals surface area (Å²) in [4.78, 5) is 19.9. The number of para-hydroxylation sites is 2. The Kier molecular flexibility index (Phi) is 6.44. The lowest BCUT2D eigenvalue weighted by Crippen LogP contribution is -2.39. The van der Waals surface area contributed by atoms with Crippen LogP contribution in [0.3, 0.4) is 0 Å². The molecule has 5 rings (SSSR count). The van der Waals surface area contributed by atoms with E-state index in [1.54, 1.807) is 28.6 Å². The molecule has 0 bridgehead atoms. The minimum atomic E-state index is -3.48. The summed E-state index contributed by atoms with van der Waals surface area (Å²) in [5.41, 5.74) is 2.74. The van der Waals surface area contributed by atoms with Crippen LogP contribution in [0.1, 0.15) is 48.3 Å². The standard InChI is InChI=1S/C26H32N4O3S/c1-20-27-24-7-3-4-8-25(24)30(20)19-21-13-17-28(18-14-21)26(31)22-9-11-23(12-10-22)34(32,33)29-15-5-2-6-16-29/h3-4,7-12,21H,2,5-6,13-19H2,1H3. The summed E-state index contributed by atoms with van der Waals surface area (Å²) in [6, 6.07) is 14.7. The van der Waals surface area contributed by atoms with E-state index < -0.39 is 10.0 Å². The van der Waals surface area contributed by atoms with Crippen molar-refractivity contribution in [2.75, 3.05) is 26.2 Å². The van der Waals surface area contributed by atoms with Crippen LogP contribution in [0.5, 0.6) is 0 Å². The summed E-state index contributed by atoms with van der Waals surface area (Å²) in [5, 5.41) is 0. The van der Waals surface area contributed by atoms with Crippen molar-refractivity contribution >= 4 is 27.0 Å². The van der Waals surface area contributed by atoms with Gasteiger partial charge in [0.1, 0.15) is 5.82 Å². The normalized spacial score (nSPS) is 18.4. The van der Waals surface area contributed by atoms with Crippen LogP contribution >= 0.6 is 0 Å². The van der Waals surface area contributed by atoms with Gasteiger partial charge in [-0.2, -0.15) is 4.31 Å². The molecule has 2 fully saturated rings. The predicted molar refractivity (Wildman–Crippen MR) is 132 cm³/mol. The number of likely N-dealkylation sites (tertiary alicyclic amines) is 1. The maximum atomic E-state index is 13.1. The van der Waals surface area contributed by atoms with Crippen LogP contribution in [0.25, 0.3) is 11.0 Å². The average molecular weight is 481 g/mol. The van der Waals surface area contributed by atoms with Crippen molar-refractivity contribution in [3.8, 4) is 0 Å².